The average molecular weight is 289 g/mol. The van der Waals surface area contributed by atoms with Crippen molar-refractivity contribution >= 4 is 10.9 Å². The quantitative estimate of drug-likeness (QED) is 0.770. The number of hydrogen-bond acceptors (Lipinski definition) is 2. The molecule has 0 amide bonds. The summed E-state index contributed by atoms with van der Waals surface area (Å²) in [6, 6.07) is 16.8. The molecular weight excluding hydrogens is 268 g/mol. The largest absolute Gasteiger partial charge is 0.497 e. The molecule has 0 aromatic heterocycles. The molecule has 0 aliphatic heterocycles. The molecule has 0 fully saturated rings. The Labute approximate surface area is 124 Å². The minimum atomic E-state index is 0.0654. The van der Waals surface area contributed by atoms with Crippen LogP contribution < -0.4 is 9.47 Å². The molecular formula is C17H21O2S+. The van der Waals surface area contributed by atoms with Crippen LogP contribution in [0.5, 0.6) is 11.5 Å². The van der Waals surface area contributed by atoms with Crippen LogP contribution in [0.2, 0.25) is 0 Å². The van der Waals surface area contributed by atoms with Gasteiger partial charge in [-0.15, -0.1) is 0 Å². The van der Waals surface area contributed by atoms with Gasteiger partial charge in [-0.2, -0.15) is 0 Å². The maximum atomic E-state index is 5.23. The summed E-state index contributed by atoms with van der Waals surface area (Å²) in [5, 5.41) is 0.553. The molecule has 2 rings (SSSR count). The van der Waals surface area contributed by atoms with Gasteiger partial charge in [0.25, 0.3) is 0 Å². The first-order valence-electron chi connectivity index (χ1n) is 6.67. The van der Waals surface area contributed by atoms with Crippen LogP contribution in [-0.4, -0.2) is 19.5 Å². The Morgan fingerprint density at radius 1 is 0.700 bits per heavy atom. The molecule has 0 saturated carbocycles. The Kier molecular flexibility index (Phi) is 4.96. The average Bonchev–Trinajstić information content (AvgIpc) is 2.48. The fourth-order valence-corrected chi connectivity index (χ4v) is 4.34. The van der Waals surface area contributed by atoms with Crippen LogP contribution in [0.25, 0.3) is 0 Å². The van der Waals surface area contributed by atoms with Crippen molar-refractivity contribution in [3.63, 3.8) is 0 Å². The van der Waals surface area contributed by atoms with E-state index in [1.54, 1.807) is 14.2 Å². The third-order valence-electron chi connectivity index (χ3n) is 3.10. The molecule has 2 nitrogen and oxygen atoms in total. The van der Waals surface area contributed by atoms with Crippen LogP contribution in [0, 0.1) is 0 Å². The molecule has 0 aliphatic rings. The topological polar surface area (TPSA) is 18.5 Å². The van der Waals surface area contributed by atoms with E-state index in [0.717, 1.165) is 11.5 Å². The summed E-state index contributed by atoms with van der Waals surface area (Å²) < 4.78 is 10.5. The van der Waals surface area contributed by atoms with E-state index in [-0.39, 0.29) is 10.9 Å². The SMILES string of the molecule is COc1ccc([S+](c2ccc(OC)cc2)C(C)C)cc1. The van der Waals surface area contributed by atoms with Crippen LogP contribution >= 0.6 is 0 Å². The third-order valence-corrected chi connectivity index (χ3v) is 5.60. The van der Waals surface area contributed by atoms with E-state index in [4.69, 9.17) is 9.47 Å². The summed E-state index contributed by atoms with van der Waals surface area (Å²) in [6.07, 6.45) is 0. The van der Waals surface area contributed by atoms with Crippen molar-refractivity contribution in [2.24, 2.45) is 0 Å². The highest BCUT2D eigenvalue weighted by molar-refractivity contribution is 7.97. The summed E-state index contributed by atoms with van der Waals surface area (Å²) in [6.45, 7) is 4.52. The molecule has 0 radical (unpaired) electrons. The van der Waals surface area contributed by atoms with Gasteiger partial charge in [0, 0.05) is 0 Å². The van der Waals surface area contributed by atoms with Crippen LogP contribution in [0.1, 0.15) is 13.8 Å². The van der Waals surface area contributed by atoms with E-state index in [1.165, 1.54) is 9.79 Å². The molecule has 2 aromatic carbocycles. The highest BCUT2D eigenvalue weighted by Gasteiger charge is 2.29. The third kappa shape index (κ3) is 3.28. The molecule has 20 heavy (non-hydrogen) atoms. The normalized spacial score (nSPS) is 10.9. The standard InChI is InChI=1S/C17H21O2S/c1-13(2)20(16-9-5-14(18-3)6-10-16)17-11-7-15(19-4)8-12-17/h5-13H,1-4H3/q+1. The number of hydrogen-bond donors (Lipinski definition) is 0. The molecule has 0 unspecified atom stereocenters. The highest BCUT2D eigenvalue weighted by atomic mass is 32.2. The van der Waals surface area contributed by atoms with Gasteiger partial charge in [0.15, 0.2) is 9.79 Å². The second kappa shape index (κ2) is 6.71. The summed E-state index contributed by atoms with van der Waals surface area (Å²) in [7, 11) is 3.46. The molecule has 0 aliphatic carbocycles. The Bertz CT molecular complexity index is 484. The van der Waals surface area contributed by atoms with Crippen molar-refractivity contribution in [1.29, 1.82) is 0 Å². The van der Waals surface area contributed by atoms with E-state index >= 15 is 0 Å². The number of methoxy groups -OCH3 is 2. The Balaban J connectivity index is 2.33. The predicted octanol–water partition coefficient (Wildman–Crippen LogP) is 4.15. The van der Waals surface area contributed by atoms with Crippen molar-refractivity contribution in [2.45, 2.75) is 28.9 Å². The van der Waals surface area contributed by atoms with Gasteiger partial charge in [-0.1, -0.05) is 0 Å². The zero-order chi connectivity index (χ0) is 14.5. The monoisotopic (exact) mass is 289 g/mol. The van der Waals surface area contributed by atoms with Gasteiger partial charge in [0.1, 0.15) is 16.7 Å². The number of benzene rings is 2. The maximum absolute atomic E-state index is 5.23. The van der Waals surface area contributed by atoms with Crippen LogP contribution in [0.4, 0.5) is 0 Å². The molecule has 2 aromatic rings. The highest BCUT2D eigenvalue weighted by Crippen LogP contribution is 2.30. The Morgan fingerprint density at radius 3 is 1.30 bits per heavy atom. The van der Waals surface area contributed by atoms with Crippen molar-refractivity contribution < 1.29 is 9.47 Å². The van der Waals surface area contributed by atoms with Crippen molar-refractivity contribution in [3.8, 4) is 11.5 Å². The second-order valence-corrected chi connectivity index (χ2v) is 7.30. The first-order chi connectivity index (χ1) is 9.65. The molecule has 0 spiro atoms. The van der Waals surface area contributed by atoms with E-state index < -0.39 is 0 Å². The summed E-state index contributed by atoms with van der Waals surface area (Å²) in [5.74, 6) is 1.80. The van der Waals surface area contributed by atoms with Crippen LogP contribution in [-0.2, 0) is 10.9 Å². The zero-order valence-corrected chi connectivity index (χ0v) is 13.2. The fraction of sp³-hybridized carbons (Fsp3) is 0.294. The molecule has 0 saturated heterocycles. The fourth-order valence-electron chi connectivity index (χ4n) is 2.13. The molecule has 3 heteroatoms. The number of rotatable bonds is 5. The van der Waals surface area contributed by atoms with E-state index in [2.05, 4.69) is 38.1 Å². The van der Waals surface area contributed by atoms with E-state index in [9.17, 15) is 0 Å². The van der Waals surface area contributed by atoms with E-state index in [0.29, 0.717) is 5.25 Å². The molecule has 0 bridgehead atoms. The van der Waals surface area contributed by atoms with Crippen molar-refractivity contribution in [3.05, 3.63) is 48.5 Å². The van der Waals surface area contributed by atoms with Gasteiger partial charge in [0.2, 0.25) is 0 Å². The lowest BCUT2D eigenvalue weighted by Gasteiger charge is -2.12. The van der Waals surface area contributed by atoms with Gasteiger partial charge in [-0.3, -0.25) is 0 Å². The predicted molar refractivity (Wildman–Crippen MR) is 85.0 cm³/mol. The zero-order valence-electron chi connectivity index (χ0n) is 12.4. The molecule has 0 atom stereocenters. The van der Waals surface area contributed by atoms with Crippen LogP contribution in [0.3, 0.4) is 0 Å². The lowest BCUT2D eigenvalue weighted by atomic mass is 10.3. The van der Waals surface area contributed by atoms with Gasteiger partial charge >= 0.3 is 0 Å². The molecule has 0 heterocycles. The van der Waals surface area contributed by atoms with Gasteiger partial charge in [-0.05, 0) is 62.4 Å². The number of ether oxygens (including phenoxy) is 2. The lowest BCUT2D eigenvalue weighted by molar-refractivity contribution is 0.414. The van der Waals surface area contributed by atoms with E-state index in [1.807, 2.05) is 24.3 Å². The summed E-state index contributed by atoms with van der Waals surface area (Å²) in [5.41, 5.74) is 0. The minimum Gasteiger partial charge on any atom is -0.497 e. The summed E-state index contributed by atoms with van der Waals surface area (Å²) >= 11 is 0. The first kappa shape index (κ1) is 14.8. The van der Waals surface area contributed by atoms with Gasteiger partial charge in [0.05, 0.1) is 25.1 Å². The second-order valence-electron chi connectivity index (χ2n) is 4.74. The molecule has 106 valence electrons. The first-order valence-corrected chi connectivity index (χ1v) is 7.95. The summed E-state index contributed by atoms with van der Waals surface area (Å²) in [4.78, 5) is 2.68. The van der Waals surface area contributed by atoms with Gasteiger partial charge in [-0.25, -0.2) is 0 Å². The molecule has 0 N–H and O–H groups in total. The van der Waals surface area contributed by atoms with Crippen molar-refractivity contribution in [2.75, 3.05) is 14.2 Å². The smallest absolute Gasteiger partial charge is 0.161 e. The minimum absolute atomic E-state index is 0.0654. The Hall–Kier alpha value is -1.61. The lowest BCUT2D eigenvalue weighted by Crippen LogP contribution is -2.15. The van der Waals surface area contributed by atoms with Crippen molar-refractivity contribution in [1.82, 2.24) is 0 Å². The Morgan fingerprint density at radius 2 is 1.05 bits per heavy atom. The maximum Gasteiger partial charge on any atom is 0.161 e. The van der Waals surface area contributed by atoms with Crippen LogP contribution in [0.15, 0.2) is 58.3 Å². The van der Waals surface area contributed by atoms with Gasteiger partial charge < -0.3 is 9.47 Å².